The number of nitrogen functional groups attached to an aromatic ring is 1. The molecule has 4 heteroatoms. The maximum atomic E-state index is 5.29. The van der Waals surface area contributed by atoms with Crippen molar-refractivity contribution < 1.29 is 0 Å². The molecule has 1 aliphatic carbocycles. The van der Waals surface area contributed by atoms with Gasteiger partial charge in [-0.25, -0.2) is 10.8 Å². The highest BCUT2D eigenvalue weighted by molar-refractivity contribution is 5.51. The molecular formula is C11H18N4. The molecule has 1 saturated carbocycles. The van der Waals surface area contributed by atoms with Crippen molar-refractivity contribution >= 4 is 11.5 Å². The lowest BCUT2D eigenvalue weighted by atomic mass is 10.1. The Hall–Kier alpha value is -1.29. The predicted octanol–water partition coefficient (Wildman–Crippen LogP) is 1.83. The Kier molecular flexibility index (Phi) is 3.06. The van der Waals surface area contributed by atoms with Crippen LogP contribution in [0.25, 0.3) is 0 Å². The minimum atomic E-state index is 0.694. The third-order valence-corrected chi connectivity index (χ3v) is 2.96. The maximum Gasteiger partial charge on any atom is 0.141 e. The summed E-state index contributed by atoms with van der Waals surface area (Å²) in [5.74, 6) is 7.68. The van der Waals surface area contributed by atoms with E-state index in [9.17, 15) is 0 Å². The van der Waals surface area contributed by atoms with Gasteiger partial charge in [-0.1, -0.05) is 6.92 Å². The molecule has 0 bridgehead atoms. The Balaban J connectivity index is 1.86. The lowest BCUT2D eigenvalue weighted by Crippen LogP contribution is -2.13. The molecule has 2 rings (SSSR count). The van der Waals surface area contributed by atoms with Crippen molar-refractivity contribution in [3.05, 3.63) is 18.3 Å². The van der Waals surface area contributed by atoms with E-state index in [1.165, 1.54) is 12.8 Å². The molecule has 0 spiro atoms. The van der Waals surface area contributed by atoms with Gasteiger partial charge in [-0.15, -0.1) is 0 Å². The number of nitrogens with two attached hydrogens (primary N) is 1. The molecule has 1 atom stereocenters. The standard InChI is InChI=1S/C11H18N4/c1-8(9-2-3-9)7-14-10-4-5-13-11(6-10)15-12/h4-6,8-9H,2-3,7,12H2,1H3,(H2,13,14,15). The van der Waals surface area contributed by atoms with Gasteiger partial charge in [-0.3, -0.25) is 0 Å². The summed E-state index contributed by atoms with van der Waals surface area (Å²) in [5.41, 5.74) is 3.61. The molecule has 0 aliphatic heterocycles. The van der Waals surface area contributed by atoms with E-state index in [1.807, 2.05) is 12.1 Å². The second-order valence-electron chi connectivity index (χ2n) is 4.27. The summed E-state index contributed by atoms with van der Waals surface area (Å²) in [6.07, 6.45) is 4.54. The first-order valence-electron chi connectivity index (χ1n) is 5.46. The first kappa shape index (κ1) is 10.2. The zero-order chi connectivity index (χ0) is 10.7. The number of hydrazine groups is 1. The van der Waals surface area contributed by atoms with Crippen LogP contribution in [0.1, 0.15) is 19.8 Å². The molecule has 1 unspecified atom stereocenters. The molecule has 0 saturated heterocycles. The van der Waals surface area contributed by atoms with E-state index in [4.69, 9.17) is 5.84 Å². The summed E-state index contributed by atoms with van der Waals surface area (Å²) in [5, 5.41) is 3.40. The van der Waals surface area contributed by atoms with Gasteiger partial charge < -0.3 is 10.7 Å². The third-order valence-electron chi connectivity index (χ3n) is 2.96. The second kappa shape index (κ2) is 4.49. The summed E-state index contributed by atoms with van der Waals surface area (Å²) in [7, 11) is 0. The fourth-order valence-corrected chi connectivity index (χ4v) is 1.73. The van der Waals surface area contributed by atoms with E-state index >= 15 is 0 Å². The lowest BCUT2D eigenvalue weighted by molar-refractivity contribution is 0.536. The molecule has 1 aromatic rings. The van der Waals surface area contributed by atoms with Crippen molar-refractivity contribution in [2.45, 2.75) is 19.8 Å². The zero-order valence-corrected chi connectivity index (χ0v) is 9.03. The third kappa shape index (κ3) is 2.83. The van der Waals surface area contributed by atoms with Crippen molar-refractivity contribution in [2.75, 3.05) is 17.3 Å². The number of nitrogens with one attached hydrogen (secondary N) is 2. The van der Waals surface area contributed by atoms with Crippen LogP contribution in [-0.4, -0.2) is 11.5 Å². The summed E-state index contributed by atoms with van der Waals surface area (Å²) in [6, 6.07) is 3.88. The van der Waals surface area contributed by atoms with Gasteiger partial charge in [0.1, 0.15) is 5.82 Å². The van der Waals surface area contributed by atoms with Crippen LogP contribution in [0.3, 0.4) is 0 Å². The molecule has 4 nitrogen and oxygen atoms in total. The fourth-order valence-electron chi connectivity index (χ4n) is 1.73. The highest BCUT2D eigenvalue weighted by atomic mass is 15.2. The second-order valence-corrected chi connectivity index (χ2v) is 4.27. The number of hydrogen-bond acceptors (Lipinski definition) is 4. The van der Waals surface area contributed by atoms with Crippen LogP contribution in [0.4, 0.5) is 11.5 Å². The van der Waals surface area contributed by atoms with E-state index in [2.05, 4.69) is 22.7 Å². The minimum absolute atomic E-state index is 0.694. The highest BCUT2D eigenvalue weighted by Crippen LogP contribution is 2.36. The van der Waals surface area contributed by atoms with E-state index in [0.29, 0.717) is 5.82 Å². The molecule has 1 fully saturated rings. The lowest BCUT2D eigenvalue weighted by Gasteiger charge is -2.12. The van der Waals surface area contributed by atoms with E-state index in [0.717, 1.165) is 24.1 Å². The summed E-state index contributed by atoms with van der Waals surface area (Å²) < 4.78 is 0. The fraction of sp³-hybridized carbons (Fsp3) is 0.545. The monoisotopic (exact) mass is 206 g/mol. The van der Waals surface area contributed by atoms with Crippen LogP contribution in [0.5, 0.6) is 0 Å². The van der Waals surface area contributed by atoms with Crippen LogP contribution < -0.4 is 16.6 Å². The average molecular weight is 206 g/mol. The number of rotatable bonds is 5. The van der Waals surface area contributed by atoms with Gasteiger partial charge in [0.25, 0.3) is 0 Å². The van der Waals surface area contributed by atoms with Crippen molar-refractivity contribution in [2.24, 2.45) is 17.7 Å². The summed E-state index contributed by atoms with van der Waals surface area (Å²) in [6.45, 7) is 3.33. The highest BCUT2D eigenvalue weighted by Gasteiger charge is 2.27. The van der Waals surface area contributed by atoms with Crippen molar-refractivity contribution in [1.29, 1.82) is 0 Å². The molecule has 15 heavy (non-hydrogen) atoms. The quantitative estimate of drug-likeness (QED) is 0.508. The first-order valence-corrected chi connectivity index (χ1v) is 5.46. The molecule has 0 amide bonds. The van der Waals surface area contributed by atoms with Gasteiger partial charge in [-0.2, -0.15) is 0 Å². The van der Waals surface area contributed by atoms with E-state index in [1.54, 1.807) is 6.20 Å². The van der Waals surface area contributed by atoms with Crippen LogP contribution in [-0.2, 0) is 0 Å². The molecule has 0 aromatic carbocycles. The molecule has 1 aromatic heterocycles. The molecule has 1 heterocycles. The summed E-state index contributed by atoms with van der Waals surface area (Å²) >= 11 is 0. The SMILES string of the molecule is CC(CNc1ccnc(NN)c1)C1CC1. The van der Waals surface area contributed by atoms with Crippen molar-refractivity contribution in [3.8, 4) is 0 Å². The number of hydrogen-bond donors (Lipinski definition) is 3. The molecule has 1 aliphatic rings. The van der Waals surface area contributed by atoms with Gasteiger partial charge in [-0.05, 0) is 30.7 Å². The summed E-state index contributed by atoms with van der Waals surface area (Å²) in [4.78, 5) is 4.06. The minimum Gasteiger partial charge on any atom is -0.385 e. The Morgan fingerprint density at radius 2 is 2.40 bits per heavy atom. The predicted molar refractivity (Wildman–Crippen MR) is 62.4 cm³/mol. The van der Waals surface area contributed by atoms with Gasteiger partial charge in [0, 0.05) is 24.5 Å². The van der Waals surface area contributed by atoms with Crippen molar-refractivity contribution in [3.63, 3.8) is 0 Å². The van der Waals surface area contributed by atoms with Gasteiger partial charge in [0.15, 0.2) is 0 Å². The van der Waals surface area contributed by atoms with Gasteiger partial charge >= 0.3 is 0 Å². The first-order chi connectivity index (χ1) is 7.29. The smallest absolute Gasteiger partial charge is 0.141 e. The molecule has 0 radical (unpaired) electrons. The number of aromatic nitrogens is 1. The molecule has 4 N–H and O–H groups in total. The van der Waals surface area contributed by atoms with Crippen LogP contribution >= 0.6 is 0 Å². The van der Waals surface area contributed by atoms with E-state index in [-0.39, 0.29) is 0 Å². The topological polar surface area (TPSA) is 63.0 Å². The van der Waals surface area contributed by atoms with Crippen molar-refractivity contribution in [1.82, 2.24) is 4.98 Å². The Labute approximate surface area is 90.2 Å². The average Bonchev–Trinajstić information content (AvgIpc) is 3.10. The Morgan fingerprint density at radius 1 is 1.60 bits per heavy atom. The van der Waals surface area contributed by atoms with E-state index < -0.39 is 0 Å². The Morgan fingerprint density at radius 3 is 3.07 bits per heavy atom. The normalized spacial score (nSPS) is 17.2. The van der Waals surface area contributed by atoms with Crippen LogP contribution in [0.2, 0.25) is 0 Å². The molecule has 82 valence electrons. The zero-order valence-electron chi connectivity index (χ0n) is 9.03. The largest absolute Gasteiger partial charge is 0.385 e. The maximum absolute atomic E-state index is 5.29. The number of anilines is 2. The number of pyridine rings is 1. The van der Waals surface area contributed by atoms with Crippen LogP contribution in [0, 0.1) is 11.8 Å². The van der Waals surface area contributed by atoms with Gasteiger partial charge in [0.05, 0.1) is 0 Å². The van der Waals surface area contributed by atoms with Crippen LogP contribution in [0.15, 0.2) is 18.3 Å². The number of nitrogens with zero attached hydrogens (tertiary/aromatic N) is 1. The Bertz CT molecular complexity index is 322. The molecular weight excluding hydrogens is 188 g/mol. The van der Waals surface area contributed by atoms with Gasteiger partial charge in [0.2, 0.25) is 0 Å².